The summed E-state index contributed by atoms with van der Waals surface area (Å²) in [5, 5.41) is 0. The molecule has 1 saturated heterocycles. The Kier molecular flexibility index (Phi) is 19.3. The zero-order valence-electron chi connectivity index (χ0n) is 31.9. The van der Waals surface area contributed by atoms with Crippen molar-refractivity contribution in [3.63, 3.8) is 0 Å². The van der Waals surface area contributed by atoms with Crippen LogP contribution < -0.4 is 24.8 Å². The van der Waals surface area contributed by atoms with E-state index in [0.29, 0.717) is 97.2 Å². The molecule has 9 nitrogen and oxygen atoms in total. The minimum absolute atomic E-state index is 0. The van der Waals surface area contributed by atoms with Crippen molar-refractivity contribution in [1.29, 1.82) is 0 Å². The number of hydrogen-bond donors (Lipinski definition) is 0. The number of rotatable bonds is 18. The van der Waals surface area contributed by atoms with Gasteiger partial charge in [0.05, 0.1) is 73.2 Å². The number of carbonyl (C=O) groups excluding carboxylic acids is 2. The molecule has 6 atom stereocenters. The fourth-order valence-electron chi connectivity index (χ4n) is 7.57. The molecule has 3 aliphatic rings. The fourth-order valence-corrected chi connectivity index (χ4v) is 7.57. The summed E-state index contributed by atoms with van der Waals surface area (Å²) in [7, 11) is 8.25. The predicted molar refractivity (Wildman–Crippen MR) is 181 cm³/mol. The van der Waals surface area contributed by atoms with Crippen LogP contribution in [0.5, 0.6) is 0 Å². The Morgan fingerprint density at radius 1 is 0.688 bits per heavy atom. The van der Waals surface area contributed by atoms with Crippen molar-refractivity contribution < 1.29 is 67.1 Å². The van der Waals surface area contributed by atoms with Crippen molar-refractivity contribution in [3.8, 4) is 0 Å². The van der Waals surface area contributed by atoms with Crippen molar-refractivity contribution in [1.82, 2.24) is 0 Å². The Balaban J connectivity index is 0.00000576. The highest BCUT2D eigenvalue weighted by Gasteiger charge is 2.40. The van der Waals surface area contributed by atoms with Crippen LogP contribution in [-0.4, -0.2) is 127 Å². The number of nitrogens with zero attached hydrogens (tertiary/aromatic N) is 2. The summed E-state index contributed by atoms with van der Waals surface area (Å²) >= 11 is 0. The molecule has 284 valence electrons. The van der Waals surface area contributed by atoms with Gasteiger partial charge in [0, 0.05) is 0 Å². The van der Waals surface area contributed by atoms with Gasteiger partial charge in [0.15, 0.2) is 13.1 Å². The van der Waals surface area contributed by atoms with Gasteiger partial charge in [0.2, 0.25) is 0 Å². The molecule has 0 amide bonds. The van der Waals surface area contributed by atoms with Crippen LogP contribution in [0.3, 0.4) is 0 Å². The van der Waals surface area contributed by atoms with Gasteiger partial charge < -0.3 is 57.5 Å². The van der Waals surface area contributed by atoms with E-state index in [1.165, 1.54) is 12.8 Å². The molecule has 6 unspecified atom stereocenters. The average Bonchev–Trinajstić information content (AvgIpc) is 2.90. The number of hydrogen-bond acceptors (Lipinski definition) is 7. The van der Waals surface area contributed by atoms with Crippen LogP contribution in [-0.2, 0) is 33.3 Å². The highest BCUT2D eigenvalue weighted by molar-refractivity contribution is 5.71. The van der Waals surface area contributed by atoms with Gasteiger partial charge in [-0.3, -0.25) is 0 Å². The maximum Gasteiger partial charge on any atom is 0.362 e. The Hall–Kier alpha value is -0.680. The number of quaternary nitrogens is 2. The van der Waals surface area contributed by atoms with Gasteiger partial charge in [-0.05, 0) is 61.2 Å². The van der Waals surface area contributed by atoms with E-state index in [1.807, 2.05) is 0 Å². The molecule has 0 bridgehead atoms. The third-order valence-electron chi connectivity index (χ3n) is 10.9. The van der Waals surface area contributed by atoms with Crippen molar-refractivity contribution >= 4 is 11.9 Å². The minimum Gasteiger partial charge on any atom is -1.00 e. The summed E-state index contributed by atoms with van der Waals surface area (Å²) in [5.74, 6) is 2.96. The molecule has 11 heteroatoms. The summed E-state index contributed by atoms with van der Waals surface area (Å²) < 4.78 is 31.0. The van der Waals surface area contributed by atoms with Gasteiger partial charge in [-0.2, -0.15) is 0 Å². The second kappa shape index (κ2) is 20.4. The first-order valence-corrected chi connectivity index (χ1v) is 18.3. The maximum atomic E-state index is 12.9. The van der Waals surface area contributed by atoms with Crippen molar-refractivity contribution in [2.75, 3.05) is 94.0 Å². The normalized spacial score (nSPS) is 27.4. The quantitative estimate of drug-likeness (QED) is 0.104. The number of likely N-dealkylation sites (N-methyl/N-ethyl adjacent to an activating group) is 2. The van der Waals surface area contributed by atoms with Crippen LogP contribution in [0, 0.1) is 40.9 Å². The smallest absolute Gasteiger partial charge is 0.362 e. The molecule has 2 saturated carbocycles. The SMILES string of the molecule is CC1CCC(C(C)C)C(OC(=O)C[N+](C)(C)CCOCC2(COCC[N+](C)(C)CC(=O)OC3CC(C)CCC3C(C)C)COC2)C1.[Cl-].[Cl-]. The number of halogens is 2. The fraction of sp³-hybridized carbons (Fsp3) is 0.946. The molecule has 0 aromatic rings. The lowest BCUT2D eigenvalue weighted by Gasteiger charge is -2.41. The van der Waals surface area contributed by atoms with Crippen LogP contribution in [0.1, 0.15) is 80.1 Å². The third kappa shape index (κ3) is 14.9. The van der Waals surface area contributed by atoms with Gasteiger partial charge in [-0.25, -0.2) is 9.59 Å². The number of ether oxygens (including phenoxy) is 5. The van der Waals surface area contributed by atoms with Crippen molar-refractivity contribution in [2.45, 2.75) is 92.3 Å². The van der Waals surface area contributed by atoms with Crippen molar-refractivity contribution in [2.24, 2.45) is 40.9 Å². The van der Waals surface area contributed by atoms with Gasteiger partial charge in [-0.15, -0.1) is 0 Å². The maximum absolute atomic E-state index is 12.9. The van der Waals surface area contributed by atoms with E-state index < -0.39 is 0 Å². The summed E-state index contributed by atoms with van der Waals surface area (Å²) in [5.41, 5.74) is -0.140. The molecular weight excluding hydrogens is 655 g/mol. The van der Waals surface area contributed by atoms with E-state index in [9.17, 15) is 9.59 Å². The molecule has 0 spiro atoms. The second-order valence-electron chi connectivity index (χ2n) is 17.4. The first-order valence-electron chi connectivity index (χ1n) is 18.3. The summed E-state index contributed by atoms with van der Waals surface area (Å²) in [6.07, 6.45) is 6.74. The molecule has 0 aromatic carbocycles. The van der Waals surface area contributed by atoms with Crippen LogP contribution in [0.25, 0.3) is 0 Å². The van der Waals surface area contributed by atoms with Gasteiger partial charge in [-0.1, -0.05) is 54.4 Å². The molecule has 3 fully saturated rings. The van der Waals surface area contributed by atoms with E-state index in [1.54, 1.807) is 0 Å². The van der Waals surface area contributed by atoms with E-state index in [0.717, 1.165) is 38.8 Å². The molecule has 2 aliphatic carbocycles. The monoisotopic (exact) mass is 724 g/mol. The average molecular weight is 726 g/mol. The zero-order valence-corrected chi connectivity index (χ0v) is 33.5. The number of carbonyl (C=O) groups is 2. The van der Waals surface area contributed by atoms with E-state index >= 15 is 0 Å². The predicted octanol–water partition coefficient (Wildman–Crippen LogP) is -0.795. The standard InChI is InChI=1S/C37H70N2O7.2ClH/c1-27(2)31-13-11-29(5)19-33(31)45-35(40)21-38(7,8)15-17-42-23-37(25-44-26-37)24-43-18-16-39(9,10)22-36(41)46-34-20-30(6)12-14-32(34)28(3)4;;/h27-34H,11-26H2,1-10H3;2*1H/q+2;;/p-2. The minimum atomic E-state index is -0.140. The van der Waals surface area contributed by atoms with Crippen LogP contribution in [0.15, 0.2) is 0 Å². The first-order chi connectivity index (χ1) is 21.5. The van der Waals surface area contributed by atoms with Gasteiger partial charge >= 0.3 is 11.9 Å². The summed E-state index contributed by atoms with van der Waals surface area (Å²) in [6, 6.07) is 0. The molecule has 3 rings (SSSR count). The van der Waals surface area contributed by atoms with Crippen LogP contribution >= 0.6 is 0 Å². The Bertz CT molecular complexity index is 890. The lowest BCUT2D eigenvalue weighted by molar-refractivity contribution is -0.883. The Morgan fingerprint density at radius 3 is 1.38 bits per heavy atom. The first kappa shape index (κ1) is 45.3. The Morgan fingerprint density at radius 2 is 1.06 bits per heavy atom. The van der Waals surface area contributed by atoms with E-state index in [4.69, 9.17) is 23.7 Å². The third-order valence-corrected chi connectivity index (χ3v) is 10.9. The molecule has 0 radical (unpaired) electrons. The van der Waals surface area contributed by atoms with E-state index in [2.05, 4.69) is 69.7 Å². The Labute approximate surface area is 305 Å². The largest absolute Gasteiger partial charge is 1.00 e. The van der Waals surface area contributed by atoms with Crippen LogP contribution in [0.2, 0.25) is 0 Å². The molecule has 1 aliphatic heterocycles. The van der Waals surface area contributed by atoms with Gasteiger partial charge in [0.1, 0.15) is 25.3 Å². The molecule has 0 aromatic heterocycles. The van der Waals surface area contributed by atoms with E-state index in [-0.39, 0.29) is 54.4 Å². The number of esters is 2. The highest BCUT2D eigenvalue weighted by atomic mass is 35.5. The molecule has 0 N–H and O–H groups in total. The van der Waals surface area contributed by atoms with Gasteiger partial charge in [0.25, 0.3) is 0 Å². The lowest BCUT2D eigenvalue weighted by Crippen LogP contribution is -3.00. The second-order valence-corrected chi connectivity index (χ2v) is 17.4. The molecular formula is C37H70Cl2N2O7. The summed E-state index contributed by atoms with van der Waals surface area (Å²) in [6.45, 7) is 19.1. The molecule has 1 heterocycles. The highest BCUT2D eigenvalue weighted by Crippen LogP contribution is 2.36. The van der Waals surface area contributed by atoms with Crippen molar-refractivity contribution in [3.05, 3.63) is 0 Å². The van der Waals surface area contributed by atoms with Crippen LogP contribution in [0.4, 0.5) is 0 Å². The summed E-state index contributed by atoms with van der Waals surface area (Å²) in [4.78, 5) is 25.9. The lowest BCUT2D eigenvalue weighted by atomic mass is 9.75. The zero-order chi connectivity index (χ0) is 34.1. The molecule has 48 heavy (non-hydrogen) atoms. The topological polar surface area (TPSA) is 80.3 Å².